The maximum Gasteiger partial charge on any atom is 0.264 e. The second kappa shape index (κ2) is 6.75. The maximum atomic E-state index is 13.1. The number of hydrogen-bond acceptors (Lipinski definition) is 3. The largest absolute Gasteiger partial charge is 0.338 e. The lowest BCUT2D eigenvalue weighted by Gasteiger charge is -2.41. The second-order valence-electron chi connectivity index (χ2n) is 8.34. The van der Waals surface area contributed by atoms with Crippen molar-refractivity contribution in [3.63, 3.8) is 0 Å². The zero-order chi connectivity index (χ0) is 17.6. The summed E-state index contributed by atoms with van der Waals surface area (Å²) in [4.78, 5) is 17.3. The molecule has 2 aliphatic rings. The van der Waals surface area contributed by atoms with Crippen molar-refractivity contribution in [3.8, 4) is 0 Å². The number of carbonyl (C=O) groups excluding carboxylic acids is 1. The van der Waals surface area contributed by atoms with Crippen LogP contribution in [0.4, 0.5) is 0 Å². The minimum Gasteiger partial charge on any atom is -0.338 e. The van der Waals surface area contributed by atoms with E-state index in [2.05, 4.69) is 34.6 Å². The molecule has 2 aromatic heterocycles. The Balaban J connectivity index is 1.56. The number of amides is 1. The molecule has 0 aromatic carbocycles. The normalized spacial score (nSPS) is 24.1. The van der Waals surface area contributed by atoms with Crippen LogP contribution < -0.4 is 0 Å². The molecule has 25 heavy (non-hydrogen) atoms. The van der Waals surface area contributed by atoms with Gasteiger partial charge in [-0.05, 0) is 43.6 Å². The van der Waals surface area contributed by atoms with Gasteiger partial charge >= 0.3 is 0 Å². The minimum absolute atomic E-state index is 0.237. The molecule has 2 atom stereocenters. The Morgan fingerprint density at radius 1 is 1.28 bits per heavy atom. The van der Waals surface area contributed by atoms with E-state index >= 15 is 0 Å². The molecule has 0 radical (unpaired) electrons. The number of fused-ring (bicyclic) bond motifs is 2. The summed E-state index contributed by atoms with van der Waals surface area (Å²) in [5.41, 5.74) is 1.04. The maximum absolute atomic E-state index is 13.1. The third-order valence-electron chi connectivity index (χ3n) is 5.93. The van der Waals surface area contributed by atoms with Gasteiger partial charge in [-0.2, -0.15) is 5.10 Å². The SMILES string of the molecule is Cc1nn(CC(C)C)c2sc(C(=O)N3CC[C@H]4CCCC[C@@H]4C3)cc12. The molecule has 4 rings (SSSR count). The van der Waals surface area contributed by atoms with Gasteiger partial charge in [0.05, 0.1) is 10.6 Å². The van der Waals surface area contributed by atoms with E-state index in [1.165, 1.54) is 32.1 Å². The van der Waals surface area contributed by atoms with Crippen LogP contribution in [0.25, 0.3) is 10.2 Å². The minimum atomic E-state index is 0.237. The Morgan fingerprint density at radius 2 is 2.04 bits per heavy atom. The monoisotopic (exact) mass is 359 g/mol. The summed E-state index contributed by atoms with van der Waals surface area (Å²) in [5.74, 6) is 2.39. The molecular weight excluding hydrogens is 330 g/mol. The van der Waals surface area contributed by atoms with Crippen LogP contribution in [0.2, 0.25) is 0 Å². The van der Waals surface area contributed by atoms with Crippen LogP contribution in [0.5, 0.6) is 0 Å². The van der Waals surface area contributed by atoms with Gasteiger partial charge in [0.15, 0.2) is 0 Å². The van der Waals surface area contributed by atoms with Crippen LogP contribution in [0.15, 0.2) is 6.07 Å². The van der Waals surface area contributed by atoms with Gasteiger partial charge in [-0.25, -0.2) is 0 Å². The summed E-state index contributed by atoms with van der Waals surface area (Å²) >= 11 is 1.63. The Labute approximate surface area is 154 Å². The molecule has 2 aromatic rings. The van der Waals surface area contributed by atoms with E-state index in [1.54, 1.807) is 11.3 Å². The van der Waals surface area contributed by atoms with Crippen LogP contribution in [0.3, 0.4) is 0 Å². The lowest BCUT2D eigenvalue weighted by molar-refractivity contribution is 0.0525. The number of piperidine rings is 1. The van der Waals surface area contributed by atoms with Gasteiger partial charge in [0.1, 0.15) is 4.83 Å². The molecule has 1 saturated heterocycles. The fourth-order valence-electron chi connectivity index (χ4n) is 4.63. The summed E-state index contributed by atoms with van der Waals surface area (Å²) in [6.07, 6.45) is 6.61. The highest BCUT2D eigenvalue weighted by atomic mass is 32.1. The highest BCUT2D eigenvalue weighted by Crippen LogP contribution is 2.37. The van der Waals surface area contributed by atoms with Crippen molar-refractivity contribution in [1.82, 2.24) is 14.7 Å². The van der Waals surface area contributed by atoms with E-state index in [-0.39, 0.29) is 5.91 Å². The molecule has 1 amide bonds. The zero-order valence-corrected chi connectivity index (χ0v) is 16.4. The topological polar surface area (TPSA) is 38.1 Å². The molecule has 1 aliphatic heterocycles. The summed E-state index contributed by atoms with van der Waals surface area (Å²) in [7, 11) is 0. The number of carbonyl (C=O) groups is 1. The highest BCUT2D eigenvalue weighted by molar-refractivity contribution is 7.20. The van der Waals surface area contributed by atoms with Gasteiger partial charge in [0.2, 0.25) is 0 Å². The zero-order valence-electron chi connectivity index (χ0n) is 15.6. The van der Waals surface area contributed by atoms with Gasteiger partial charge in [-0.3, -0.25) is 9.48 Å². The molecule has 1 aliphatic carbocycles. The van der Waals surface area contributed by atoms with Crippen molar-refractivity contribution in [2.75, 3.05) is 13.1 Å². The molecule has 0 N–H and O–H groups in total. The van der Waals surface area contributed by atoms with Crippen LogP contribution in [-0.4, -0.2) is 33.7 Å². The number of nitrogens with zero attached hydrogens (tertiary/aromatic N) is 3. The van der Waals surface area contributed by atoms with Gasteiger partial charge in [0.25, 0.3) is 5.91 Å². The van der Waals surface area contributed by atoms with E-state index in [4.69, 9.17) is 0 Å². The van der Waals surface area contributed by atoms with E-state index in [9.17, 15) is 4.79 Å². The standard InChI is InChI=1S/C20H29N3OS/c1-13(2)11-23-20-17(14(3)21-23)10-18(25-20)19(24)22-9-8-15-6-4-5-7-16(15)12-22/h10,13,15-16H,4-9,11-12H2,1-3H3/t15-,16-/m1/s1. The third-order valence-corrected chi connectivity index (χ3v) is 7.07. The van der Waals surface area contributed by atoms with E-state index < -0.39 is 0 Å². The summed E-state index contributed by atoms with van der Waals surface area (Å²) in [6.45, 7) is 9.27. The predicted molar refractivity (Wildman–Crippen MR) is 103 cm³/mol. The van der Waals surface area contributed by atoms with Gasteiger partial charge < -0.3 is 4.90 Å². The molecule has 4 nitrogen and oxygen atoms in total. The molecule has 3 heterocycles. The molecule has 0 unspecified atom stereocenters. The lowest BCUT2D eigenvalue weighted by atomic mass is 9.75. The highest BCUT2D eigenvalue weighted by Gasteiger charge is 2.33. The van der Waals surface area contributed by atoms with Crippen LogP contribution in [-0.2, 0) is 6.54 Å². The van der Waals surface area contributed by atoms with Crippen molar-refractivity contribution in [1.29, 1.82) is 0 Å². The summed E-state index contributed by atoms with van der Waals surface area (Å²) in [6, 6.07) is 2.08. The first-order valence-corrected chi connectivity index (χ1v) is 10.6. The molecule has 136 valence electrons. The van der Waals surface area contributed by atoms with E-state index in [1.807, 2.05) is 6.92 Å². The van der Waals surface area contributed by atoms with Crippen molar-refractivity contribution in [2.24, 2.45) is 17.8 Å². The van der Waals surface area contributed by atoms with Crippen molar-refractivity contribution in [3.05, 3.63) is 16.6 Å². The van der Waals surface area contributed by atoms with Crippen molar-refractivity contribution < 1.29 is 4.79 Å². The smallest absolute Gasteiger partial charge is 0.264 e. The molecule has 2 fully saturated rings. The predicted octanol–water partition coefficient (Wildman–Crippen LogP) is 4.71. The van der Waals surface area contributed by atoms with Crippen LogP contribution >= 0.6 is 11.3 Å². The van der Waals surface area contributed by atoms with Crippen molar-refractivity contribution in [2.45, 2.75) is 59.4 Å². The molecule has 0 spiro atoms. The first kappa shape index (κ1) is 17.1. The number of aromatic nitrogens is 2. The van der Waals surface area contributed by atoms with Crippen molar-refractivity contribution >= 4 is 27.5 Å². The van der Waals surface area contributed by atoms with Gasteiger partial charge in [-0.15, -0.1) is 11.3 Å². The van der Waals surface area contributed by atoms with Crippen LogP contribution in [0.1, 0.15) is 61.3 Å². The number of rotatable bonds is 3. The Hall–Kier alpha value is -1.36. The first-order chi connectivity index (χ1) is 12.0. The number of aryl methyl sites for hydroxylation is 1. The fourth-order valence-corrected chi connectivity index (χ4v) is 5.77. The van der Waals surface area contributed by atoms with Crippen LogP contribution in [0, 0.1) is 24.7 Å². The molecule has 0 bridgehead atoms. The van der Waals surface area contributed by atoms with Gasteiger partial charge in [-0.1, -0.05) is 33.1 Å². The molecule has 5 heteroatoms. The third kappa shape index (κ3) is 3.23. The fraction of sp³-hybridized carbons (Fsp3) is 0.700. The molecule has 1 saturated carbocycles. The Bertz CT molecular complexity index is 775. The number of likely N-dealkylation sites (tertiary alicyclic amines) is 1. The number of hydrogen-bond donors (Lipinski definition) is 0. The average molecular weight is 360 g/mol. The number of thiophene rings is 1. The second-order valence-corrected chi connectivity index (χ2v) is 9.37. The molecular formula is C20H29N3OS. The first-order valence-electron chi connectivity index (χ1n) is 9.79. The Morgan fingerprint density at radius 3 is 2.80 bits per heavy atom. The summed E-state index contributed by atoms with van der Waals surface area (Å²) in [5, 5.41) is 5.81. The lowest BCUT2D eigenvalue weighted by Crippen LogP contribution is -2.44. The van der Waals surface area contributed by atoms with E-state index in [0.717, 1.165) is 52.3 Å². The summed E-state index contributed by atoms with van der Waals surface area (Å²) < 4.78 is 2.09. The Kier molecular flexibility index (Phi) is 4.61. The average Bonchev–Trinajstić information content (AvgIpc) is 3.15. The van der Waals surface area contributed by atoms with Gasteiger partial charge in [0, 0.05) is 25.0 Å². The van der Waals surface area contributed by atoms with E-state index in [0.29, 0.717) is 5.92 Å². The quantitative estimate of drug-likeness (QED) is 0.795.